The fourth-order valence-electron chi connectivity index (χ4n) is 2.32. The molecule has 1 heterocycles. The second kappa shape index (κ2) is 9.53. The molecule has 1 aromatic carbocycles. The number of amides is 2. The van der Waals surface area contributed by atoms with E-state index in [9.17, 15) is 14.0 Å². The number of aromatic amines is 1. The smallest absolute Gasteiger partial charge is 0.269 e. The van der Waals surface area contributed by atoms with E-state index in [1.165, 1.54) is 12.1 Å². The molecule has 134 valence electrons. The molecule has 0 fully saturated rings. The molecule has 0 spiro atoms. The highest BCUT2D eigenvalue weighted by molar-refractivity contribution is 5.93. The van der Waals surface area contributed by atoms with E-state index >= 15 is 0 Å². The average Bonchev–Trinajstić information content (AvgIpc) is 3.11. The zero-order valence-electron chi connectivity index (χ0n) is 13.7. The summed E-state index contributed by atoms with van der Waals surface area (Å²) >= 11 is 0. The Morgan fingerprint density at radius 3 is 2.56 bits per heavy atom. The Bertz CT molecular complexity index is 700. The second-order valence-corrected chi connectivity index (χ2v) is 5.63. The zero-order chi connectivity index (χ0) is 18.1. The maximum atomic E-state index is 12.9. The van der Waals surface area contributed by atoms with E-state index in [0.717, 1.165) is 24.8 Å². The number of hydrogen-bond acceptors (Lipinski definition) is 4. The predicted octanol–water partition coefficient (Wildman–Crippen LogP) is 2.40. The third-order valence-electron chi connectivity index (χ3n) is 3.70. The maximum Gasteiger partial charge on any atom is 0.269 e. The van der Waals surface area contributed by atoms with Crippen LogP contribution in [0.25, 0.3) is 11.3 Å². The molecule has 0 aliphatic heterocycles. The van der Waals surface area contributed by atoms with Crippen molar-refractivity contribution in [1.29, 1.82) is 0 Å². The quantitative estimate of drug-likeness (QED) is 0.317. The van der Waals surface area contributed by atoms with Gasteiger partial charge in [-0.2, -0.15) is 5.10 Å². The molecule has 7 nitrogen and oxygen atoms in total. The number of carbonyl (C=O) groups excluding carboxylic acids is 2. The summed E-state index contributed by atoms with van der Waals surface area (Å²) in [5.74, 6) is -0.959. The van der Waals surface area contributed by atoms with Crippen molar-refractivity contribution < 1.29 is 19.2 Å². The summed E-state index contributed by atoms with van der Waals surface area (Å²) in [7, 11) is 0. The van der Waals surface area contributed by atoms with Crippen LogP contribution in [-0.4, -0.2) is 33.8 Å². The van der Waals surface area contributed by atoms with E-state index < -0.39 is 0 Å². The van der Waals surface area contributed by atoms with Crippen LogP contribution in [0, 0.1) is 5.82 Å². The van der Waals surface area contributed by atoms with Gasteiger partial charge in [-0.3, -0.25) is 19.9 Å². The predicted molar refractivity (Wildman–Crippen MR) is 89.3 cm³/mol. The fourth-order valence-corrected chi connectivity index (χ4v) is 2.32. The van der Waals surface area contributed by atoms with E-state index in [1.807, 2.05) is 0 Å². The van der Waals surface area contributed by atoms with Gasteiger partial charge in [0.1, 0.15) is 11.5 Å². The molecule has 1 aromatic heterocycles. The minimum absolute atomic E-state index is 0.250. The van der Waals surface area contributed by atoms with E-state index in [-0.39, 0.29) is 17.6 Å². The van der Waals surface area contributed by atoms with Crippen molar-refractivity contribution in [2.75, 3.05) is 6.54 Å². The Morgan fingerprint density at radius 1 is 1.12 bits per heavy atom. The van der Waals surface area contributed by atoms with E-state index in [1.54, 1.807) is 23.7 Å². The van der Waals surface area contributed by atoms with Gasteiger partial charge in [0.15, 0.2) is 0 Å². The SMILES string of the molecule is O=C(CCCCCCNC(=O)c1cc(-c2ccc(F)cc2)n[nH]1)NO. The van der Waals surface area contributed by atoms with Crippen molar-refractivity contribution in [3.05, 3.63) is 41.8 Å². The molecule has 0 aliphatic rings. The largest absolute Gasteiger partial charge is 0.351 e. The first-order valence-electron chi connectivity index (χ1n) is 8.12. The Kier molecular flexibility index (Phi) is 7.09. The minimum atomic E-state index is -0.385. The van der Waals surface area contributed by atoms with Crippen LogP contribution in [0.1, 0.15) is 42.6 Å². The third-order valence-corrected chi connectivity index (χ3v) is 3.70. The molecular formula is C17H21FN4O3. The lowest BCUT2D eigenvalue weighted by Crippen LogP contribution is -2.24. The van der Waals surface area contributed by atoms with E-state index in [4.69, 9.17) is 5.21 Å². The molecule has 2 rings (SSSR count). The number of nitrogens with one attached hydrogen (secondary N) is 3. The summed E-state index contributed by atoms with van der Waals surface area (Å²) in [5.41, 5.74) is 3.24. The minimum Gasteiger partial charge on any atom is -0.351 e. The van der Waals surface area contributed by atoms with Gasteiger partial charge in [0.05, 0.1) is 5.69 Å². The first kappa shape index (κ1) is 18.6. The van der Waals surface area contributed by atoms with Gasteiger partial charge in [-0.25, -0.2) is 9.87 Å². The summed E-state index contributed by atoms with van der Waals surface area (Å²) < 4.78 is 12.9. The number of carbonyl (C=O) groups is 2. The lowest BCUT2D eigenvalue weighted by atomic mass is 10.1. The summed E-state index contributed by atoms with van der Waals surface area (Å²) in [6.07, 6.45) is 3.52. The maximum absolute atomic E-state index is 12.9. The third kappa shape index (κ3) is 6.00. The van der Waals surface area contributed by atoms with Crippen molar-refractivity contribution in [2.45, 2.75) is 32.1 Å². The molecule has 8 heteroatoms. The highest BCUT2D eigenvalue weighted by atomic mass is 19.1. The highest BCUT2D eigenvalue weighted by Crippen LogP contribution is 2.17. The zero-order valence-corrected chi connectivity index (χ0v) is 13.7. The van der Waals surface area contributed by atoms with Crippen LogP contribution in [-0.2, 0) is 4.79 Å². The van der Waals surface area contributed by atoms with Crippen LogP contribution in [0.4, 0.5) is 4.39 Å². The molecule has 25 heavy (non-hydrogen) atoms. The van der Waals surface area contributed by atoms with Crippen molar-refractivity contribution in [1.82, 2.24) is 21.0 Å². The molecular weight excluding hydrogens is 327 g/mol. The summed E-state index contributed by atoms with van der Waals surface area (Å²) in [6.45, 7) is 0.524. The van der Waals surface area contributed by atoms with E-state index in [0.29, 0.717) is 30.8 Å². The Balaban J connectivity index is 1.69. The summed E-state index contributed by atoms with van der Waals surface area (Å²) in [4.78, 5) is 22.9. The molecule has 0 saturated heterocycles. The Hall–Kier alpha value is -2.74. The molecule has 0 radical (unpaired) electrons. The standard InChI is InChI=1S/C17H21FN4O3/c18-13-8-6-12(7-9-13)14-11-15(21-20-14)17(24)19-10-4-2-1-3-5-16(23)22-25/h6-9,11,25H,1-5,10H2,(H,19,24)(H,20,21)(H,22,23). The van der Waals surface area contributed by atoms with E-state index in [2.05, 4.69) is 15.5 Å². The first-order chi connectivity index (χ1) is 12.1. The Morgan fingerprint density at radius 2 is 1.84 bits per heavy atom. The van der Waals surface area contributed by atoms with Crippen molar-refractivity contribution in [2.24, 2.45) is 0 Å². The number of H-pyrrole nitrogens is 1. The van der Waals surface area contributed by atoms with Gasteiger partial charge >= 0.3 is 0 Å². The fraction of sp³-hybridized carbons (Fsp3) is 0.353. The normalized spacial score (nSPS) is 10.5. The number of aromatic nitrogens is 2. The Labute approximate surface area is 144 Å². The van der Waals surface area contributed by atoms with Crippen LogP contribution in [0.15, 0.2) is 30.3 Å². The monoisotopic (exact) mass is 348 g/mol. The molecule has 0 unspecified atom stereocenters. The van der Waals surface area contributed by atoms with Crippen molar-refractivity contribution in [3.8, 4) is 11.3 Å². The van der Waals surface area contributed by atoms with Gasteiger partial charge < -0.3 is 5.32 Å². The van der Waals surface area contributed by atoms with Crippen LogP contribution >= 0.6 is 0 Å². The van der Waals surface area contributed by atoms with Crippen LogP contribution in [0.3, 0.4) is 0 Å². The molecule has 4 N–H and O–H groups in total. The van der Waals surface area contributed by atoms with Crippen LogP contribution < -0.4 is 10.8 Å². The second-order valence-electron chi connectivity index (χ2n) is 5.63. The average molecular weight is 348 g/mol. The number of rotatable bonds is 9. The first-order valence-corrected chi connectivity index (χ1v) is 8.12. The summed E-state index contributed by atoms with van der Waals surface area (Å²) in [5, 5.41) is 17.9. The number of nitrogens with zero attached hydrogens (tertiary/aromatic N) is 1. The number of hydrogen-bond donors (Lipinski definition) is 4. The van der Waals surface area contributed by atoms with Gasteiger partial charge in [-0.05, 0) is 43.2 Å². The molecule has 2 aromatic rings. The lowest BCUT2D eigenvalue weighted by molar-refractivity contribution is -0.129. The van der Waals surface area contributed by atoms with Gasteiger partial charge in [0.25, 0.3) is 5.91 Å². The highest BCUT2D eigenvalue weighted by Gasteiger charge is 2.10. The van der Waals surface area contributed by atoms with Gasteiger partial charge in [-0.1, -0.05) is 12.8 Å². The van der Waals surface area contributed by atoms with Gasteiger partial charge in [0.2, 0.25) is 5.91 Å². The molecule has 0 bridgehead atoms. The lowest BCUT2D eigenvalue weighted by Gasteiger charge is -2.03. The number of halogens is 1. The van der Waals surface area contributed by atoms with Gasteiger partial charge in [-0.15, -0.1) is 0 Å². The number of hydroxylamine groups is 1. The van der Waals surface area contributed by atoms with Gasteiger partial charge in [0, 0.05) is 18.5 Å². The molecule has 0 saturated carbocycles. The van der Waals surface area contributed by atoms with Crippen LogP contribution in [0.2, 0.25) is 0 Å². The topological polar surface area (TPSA) is 107 Å². The van der Waals surface area contributed by atoms with Crippen LogP contribution in [0.5, 0.6) is 0 Å². The number of unbranched alkanes of at least 4 members (excludes halogenated alkanes) is 3. The molecule has 2 amide bonds. The number of benzene rings is 1. The molecule has 0 aliphatic carbocycles. The molecule has 0 atom stereocenters. The van der Waals surface area contributed by atoms with Crippen molar-refractivity contribution in [3.63, 3.8) is 0 Å². The van der Waals surface area contributed by atoms with Crippen molar-refractivity contribution >= 4 is 11.8 Å². The summed E-state index contributed by atoms with van der Waals surface area (Å²) in [6, 6.07) is 7.51.